The molecule has 0 saturated carbocycles. The van der Waals surface area contributed by atoms with Crippen LogP contribution in [0.1, 0.15) is 26.2 Å². The van der Waals surface area contributed by atoms with Gasteiger partial charge in [0.15, 0.2) is 9.84 Å². The average Bonchev–Trinajstić information content (AvgIpc) is 2.40. The number of hydrogen-bond acceptors (Lipinski definition) is 4. The van der Waals surface area contributed by atoms with Crippen molar-refractivity contribution in [2.75, 3.05) is 24.3 Å². The summed E-state index contributed by atoms with van der Waals surface area (Å²) in [5.41, 5.74) is 4.27. The molecule has 1 heterocycles. The second-order valence-electron chi connectivity index (χ2n) is 4.59. The van der Waals surface area contributed by atoms with E-state index in [1.807, 2.05) is 12.1 Å². The first-order chi connectivity index (χ1) is 8.62. The van der Waals surface area contributed by atoms with Crippen LogP contribution in [-0.2, 0) is 9.84 Å². The van der Waals surface area contributed by atoms with Gasteiger partial charge >= 0.3 is 0 Å². The van der Waals surface area contributed by atoms with Gasteiger partial charge in [-0.25, -0.2) is 13.4 Å². The predicted octanol–water partition coefficient (Wildman–Crippen LogP) is 2.29. The lowest BCUT2D eigenvalue weighted by atomic mass is 10.2. The summed E-state index contributed by atoms with van der Waals surface area (Å²) in [5, 5.41) is 2.19. The van der Waals surface area contributed by atoms with Crippen molar-refractivity contribution in [3.63, 3.8) is 0 Å². The standard InChI is InChI=1S/C13H20N2O2S/c1-2-18(16,17)13-8-6-12(7-9-13)14-15-10-4-3-5-11-15/h6-9,14H,2-5,10-11H2,1H3. The fourth-order valence-electron chi connectivity index (χ4n) is 2.09. The first-order valence-corrected chi connectivity index (χ1v) is 8.11. The molecule has 1 saturated heterocycles. The summed E-state index contributed by atoms with van der Waals surface area (Å²) >= 11 is 0. The molecule has 0 spiro atoms. The van der Waals surface area contributed by atoms with Crippen LogP contribution in [0.5, 0.6) is 0 Å². The minimum absolute atomic E-state index is 0.145. The van der Waals surface area contributed by atoms with Crippen molar-refractivity contribution >= 4 is 15.5 Å². The minimum Gasteiger partial charge on any atom is -0.319 e. The van der Waals surface area contributed by atoms with Crippen molar-refractivity contribution in [2.24, 2.45) is 0 Å². The third-order valence-corrected chi connectivity index (χ3v) is 4.99. The number of rotatable bonds is 4. The van der Waals surface area contributed by atoms with E-state index in [4.69, 9.17) is 0 Å². The van der Waals surface area contributed by atoms with E-state index in [0.29, 0.717) is 4.90 Å². The van der Waals surface area contributed by atoms with E-state index in [2.05, 4.69) is 10.4 Å². The van der Waals surface area contributed by atoms with Gasteiger partial charge in [-0.1, -0.05) is 13.3 Å². The Bertz CT molecular complexity index is 476. The van der Waals surface area contributed by atoms with Gasteiger partial charge in [-0.3, -0.25) is 0 Å². The number of benzene rings is 1. The van der Waals surface area contributed by atoms with Gasteiger partial charge in [0.25, 0.3) is 0 Å². The number of piperidine rings is 1. The zero-order chi connectivity index (χ0) is 13.0. The van der Waals surface area contributed by atoms with Gasteiger partial charge < -0.3 is 5.43 Å². The third-order valence-electron chi connectivity index (χ3n) is 3.24. The summed E-state index contributed by atoms with van der Waals surface area (Å²) < 4.78 is 23.3. The highest BCUT2D eigenvalue weighted by molar-refractivity contribution is 7.91. The van der Waals surface area contributed by atoms with E-state index in [0.717, 1.165) is 18.8 Å². The Morgan fingerprint density at radius 1 is 1.11 bits per heavy atom. The van der Waals surface area contributed by atoms with Gasteiger partial charge in [-0.05, 0) is 37.1 Å². The first-order valence-electron chi connectivity index (χ1n) is 6.46. The van der Waals surface area contributed by atoms with Gasteiger partial charge in [-0.15, -0.1) is 0 Å². The van der Waals surface area contributed by atoms with Gasteiger partial charge in [0.1, 0.15) is 0 Å². The molecule has 100 valence electrons. The molecule has 18 heavy (non-hydrogen) atoms. The highest BCUT2D eigenvalue weighted by Crippen LogP contribution is 2.17. The summed E-state index contributed by atoms with van der Waals surface area (Å²) in [6.07, 6.45) is 3.73. The predicted molar refractivity (Wildman–Crippen MR) is 73.2 cm³/mol. The zero-order valence-electron chi connectivity index (χ0n) is 10.7. The fourth-order valence-corrected chi connectivity index (χ4v) is 2.98. The maximum absolute atomic E-state index is 11.7. The molecule has 0 unspecified atom stereocenters. The molecular weight excluding hydrogens is 248 g/mol. The molecule has 1 fully saturated rings. The molecular formula is C13H20N2O2S. The lowest BCUT2D eigenvalue weighted by molar-refractivity contribution is 0.273. The Labute approximate surface area is 109 Å². The van der Waals surface area contributed by atoms with Gasteiger partial charge in [0.2, 0.25) is 0 Å². The number of hydrogen-bond donors (Lipinski definition) is 1. The third kappa shape index (κ3) is 3.23. The second kappa shape index (κ2) is 5.71. The average molecular weight is 268 g/mol. The van der Waals surface area contributed by atoms with E-state index in [1.165, 1.54) is 19.3 Å². The van der Waals surface area contributed by atoms with Crippen molar-refractivity contribution in [3.8, 4) is 0 Å². The van der Waals surface area contributed by atoms with E-state index < -0.39 is 9.84 Å². The van der Waals surface area contributed by atoms with E-state index in [1.54, 1.807) is 19.1 Å². The zero-order valence-corrected chi connectivity index (χ0v) is 11.5. The first kappa shape index (κ1) is 13.4. The van der Waals surface area contributed by atoms with Crippen LogP contribution in [0.25, 0.3) is 0 Å². The van der Waals surface area contributed by atoms with Crippen LogP contribution >= 0.6 is 0 Å². The molecule has 2 rings (SSSR count). The second-order valence-corrected chi connectivity index (χ2v) is 6.87. The Morgan fingerprint density at radius 3 is 2.28 bits per heavy atom. The van der Waals surface area contributed by atoms with Crippen molar-refractivity contribution < 1.29 is 8.42 Å². The maximum atomic E-state index is 11.7. The van der Waals surface area contributed by atoms with Crippen LogP contribution in [-0.4, -0.2) is 32.3 Å². The van der Waals surface area contributed by atoms with Gasteiger partial charge in [-0.2, -0.15) is 0 Å². The van der Waals surface area contributed by atoms with Gasteiger partial charge in [0.05, 0.1) is 10.6 Å². The molecule has 0 radical (unpaired) electrons. The lowest BCUT2D eigenvalue weighted by Crippen LogP contribution is -2.34. The molecule has 0 atom stereocenters. The smallest absolute Gasteiger partial charge is 0.178 e. The van der Waals surface area contributed by atoms with E-state index in [-0.39, 0.29) is 5.75 Å². The topological polar surface area (TPSA) is 49.4 Å². The number of nitrogens with one attached hydrogen (secondary N) is 1. The quantitative estimate of drug-likeness (QED) is 0.910. The fraction of sp³-hybridized carbons (Fsp3) is 0.538. The molecule has 5 heteroatoms. The molecule has 1 aliphatic rings. The van der Waals surface area contributed by atoms with Crippen LogP contribution in [0.4, 0.5) is 5.69 Å². The van der Waals surface area contributed by atoms with Crippen LogP contribution in [0, 0.1) is 0 Å². The molecule has 1 aromatic carbocycles. The highest BCUT2D eigenvalue weighted by Gasteiger charge is 2.12. The molecule has 0 aliphatic carbocycles. The molecule has 1 N–H and O–H groups in total. The number of sulfone groups is 1. The lowest BCUT2D eigenvalue weighted by Gasteiger charge is -2.27. The normalized spacial score (nSPS) is 17.6. The monoisotopic (exact) mass is 268 g/mol. The molecule has 0 bridgehead atoms. The van der Waals surface area contributed by atoms with Crippen LogP contribution in [0.2, 0.25) is 0 Å². The van der Waals surface area contributed by atoms with Crippen molar-refractivity contribution in [3.05, 3.63) is 24.3 Å². The van der Waals surface area contributed by atoms with Crippen molar-refractivity contribution in [1.82, 2.24) is 5.01 Å². The van der Waals surface area contributed by atoms with Crippen LogP contribution < -0.4 is 5.43 Å². The van der Waals surface area contributed by atoms with Crippen molar-refractivity contribution in [1.29, 1.82) is 0 Å². The van der Waals surface area contributed by atoms with Crippen molar-refractivity contribution in [2.45, 2.75) is 31.1 Å². The number of anilines is 1. The number of nitrogens with zero attached hydrogens (tertiary/aromatic N) is 1. The molecule has 4 nitrogen and oxygen atoms in total. The molecule has 1 aliphatic heterocycles. The van der Waals surface area contributed by atoms with E-state index in [9.17, 15) is 8.42 Å². The summed E-state index contributed by atoms with van der Waals surface area (Å²) in [6.45, 7) is 3.76. The Kier molecular flexibility index (Phi) is 4.24. The Balaban J connectivity index is 2.03. The molecule has 1 aromatic rings. The van der Waals surface area contributed by atoms with Crippen LogP contribution in [0.15, 0.2) is 29.2 Å². The molecule has 0 amide bonds. The Morgan fingerprint density at radius 2 is 1.72 bits per heavy atom. The van der Waals surface area contributed by atoms with Gasteiger partial charge in [0, 0.05) is 18.8 Å². The summed E-state index contributed by atoms with van der Waals surface area (Å²) in [5.74, 6) is 0.145. The SMILES string of the molecule is CCS(=O)(=O)c1ccc(NN2CCCCC2)cc1. The Hall–Kier alpha value is -1.07. The summed E-state index contributed by atoms with van der Waals surface area (Å²) in [7, 11) is -3.09. The summed E-state index contributed by atoms with van der Waals surface area (Å²) in [4.78, 5) is 0.397. The molecule has 0 aromatic heterocycles. The van der Waals surface area contributed by atoms with Crippen LogP contribution in [0.3, 0.4) is 0 Å². The maximum Gasteiger partial charge on any atom is 0.178 e. The minimum atomic E-state index is -3.09. The highest BCUT2D eigenvalue weighted by atomic mass is 32.2. The summed E-state index contributed by atoms with van der Waals surface area (Å²) in [6, 6.07) is 7.00. The largest absolute Gasteiger partial charge is 0.319 e. The number of hydrazine groups is 1. The van der Waals surface area contributed by atoms with E-state index >= 15 is 0 Å².